The van der Waals surface area contributed by atoms with Crippen LogP contribution in [0.5, 0.6) is 17.2 Å². The van der Waals surface area contributed by atoms with Gasteiger partial charge in [-0.2, -0.15) is 0 Å². The number of aromatic nitrogens is 2. The largest absolute Gasteiger partial charge is 0.496 e. The molecule has 0 fully saturated rings. The number of amides is 2. The molecule has 0 aliphatic carbocycles. The number of nitrogens with two attached hydrogens (primary N) is 1. The summed E-state index contributed by atoms with van der Waals surface area (Å²) >= 11 is 0. The SMILES string of the molecule is C=CC(=O)Nc1cc(Nc2cc(-c3ccc(OC)c(C(N)=O)c3)ncn2)c(OC)cc1N(C)c1ccccc1OC. The number of para-hydroxylation sites is 2. The third-order valence-electron chi connectivity index (χ3n) is 6.26. The Bertz CT molecular complexity index is 1610. The van der Waals surface area contributed by atoms with Crippen molar-refractivity contribution in [1.29, 1.82) is 0 Å². The minimum Gasteiger partial charge on any atom is -0.496 e. The summed E-state index contributed by atoms with van der Waals surface area (Å²) in [5.41, 5.74) is 9.38. The van der Waals surface area contributed by atoms with Gasteiger partial charge in [-0.3, -0.25) is 9.59 Å². The van der Waals surface area contributed by atoms with E-state index in [4.69, 9.17) is 19.9 Å². The van der Waals surface area contributed by atoms with Gasteiger partial charge in [-0.1, -0.05) is 18.7 Å². The second-order valence-corrected chi connectivity index (χ2v) is 8.69. The van der Waals surface area contributed by atoms with E-state index < -0.39 is 5.91 Å². The third-order valence-corrected chi connectivity index (χ3v) is 6.26. The first-order chi connectivity index (χ1) is 19.8. The van der Waals surface area contributed by atoms with Gasteiger partial charge in [-0.05, 0) is 42.5 Å². The highest BCUT2D eigenvalue weighted by Gasteiger charge is 2.19. The zero-order chi connectivity index (χ0) is 29.5. The maximum Gasteiger partial charge on any atom is 0.252 e. The molecule has 0 bridgehead atoms. The molecule has 0 spiro atoms. The van der Waals surface area contributed by atoms with Crippen molar-refractivity contribution >= 4 is 40.4 Å². The smallest absolute Gasteiger partial charge is 0.252 e. The van der Waals surface area contributed by atoms with Crippen LogP contribution in [0.15, 0.2) is 79.6 Å². The summed E-state index contributed by atoms with van der Waals surface area (Å²) in [7, 11) is 6.46. The standard InChI is InChI=1S/C30H30N6O5/c1-6-29(37)35-21-14-22(27(41-5)16-24(21)36(2)23-9-7-8-10-26(23)40-4)34-28-15-20(32-17-33-28)18-11-12-25(39-3)19(13-18)30(31)38/h6-17H,1H2,2-5H3,(H2,31,38)(H,35,37)(H,32,33,34). The highest BCUT2D eigenvalue weighted by molar-refractivity contribution is 6.03. The van der Waals surface area contributed by atoms with Gasteiger partial charge in [0.15, 0.2) is 0 Å². The molecule has 0 saturated carbocycles. The number of carbonyl (C=O) groups is 2. The van der Waals surface area contributed by atoms with Gasteiger partial charge < -0.3 is 35.5 Å². The van der Waals surface area contributed by atoms with Crippen LogP contribution in [0, 0.1) is 0 Å². The lowest BCUT2D eigenvalue weighted by atomic mass is 10.1. The lowest BCUT2D eigenvalue weighted by Gasteiger charge is -2.26. The molecule has 4 N–H and O–H groups in total. The Balaban J connectivity index is 1.75. The summed E-state index contributed by atoms with van der Waals surface area (Å²) in [6.45, 7) is 3.57. The molecule has 0 atom stereocenters. The molecule has 3 aromatic carbocycles. The molecule has 11 heteroatoms. The van der Waals surface area contributed by atoms with Crippen LogP contribution in [-0.2, 0) is 4.79 Å². The van der Waals surface area contributed by atoms with Crippen LogP contribution in [-0.4, -0.2) is 50.2 Å². The fourth-order valence-electron chi connectivity index (χ4n) is 4.22. The van der Waals surface area contributed by atoms with Crippen molar-refractivity contribution in [2.75, 3.05) is 43.9 Å². The Morgan fingerprint density at radius 3 is 2.29 bits per heavy atom. The first-order valence-corrected chi connectivity index (χ1v) is 12.4. The average molecular weight is 555 g/mol. The van der Waals surface area contributed by atoms with E-state index in [-0.39, 0.29) is 11.5 Å². The molecule has 4 rings (SSSR count). The minimum absolute atomic E-state index is 0.233. The lowest BCUT2D eigenvalue weighted by Crippen LogP contribution is -2.16. The van der Waals surface area contributed by atoms with Gasteiger partial charge in [0.1, 0.15) is 29.4 Å². The first kappa shape index (κ1) is 28.4. The molecular formula is C30H30N6O5. The molecule has 1 aromatic heterocycles. The molecule has 0 unspecified atom stereocenters. The number of hydrogen-bond acceptors (Lipinski definition) is 9. The van der Waals surface area contributed by atoms with Gasteiger partial charge in [-0.25, -0.2) is 9.97 Å². The van der Waals surface area contributed by atoms with Crippen molar-refractivity contribution in [2.24, 2.45) is 5.73 Å². The molecule has 1 heterocycles. The summed E-state index contributed by atoms with van der Waals surface area (Å²) in [5.74, 6) is 0.947. The maximum atomic E-state index is 12.4. The van der Waals surface area contributed by atoms with Crippen LogP contribution in [0.4, 0.5) is 28.6 Å². The number of rotatable bonds is 11. The Morgan fingerprint density at radius 2 is 1.61 bits per heavy atom. The van der Waals surface area contributed by atoms with E-state index in [1.807, 2.05) is 36.2 Å². The van der Waals surface area contributed by atoms with Crippen molar-refractivity contribution in [3.63, 3.8) is 0 Å². The molecule has 41 heavy (non-hydrogen) atoms. The quantitative estimate of drug-likeness (QED) is 0.221. The molecule has 0 aliphatic rings. The average Bonchev–Trinajstić information content (AvgIpc) is 3.00. The predicted molar refractivity (Wildman–Crippen MR) is 159 cm³/mol. The molecule has 0 saturated heterocycles. The molecule has 0 radical (unpaired) electrons. The second-order valence-electron chi connectivity index (χ2n) is 8.69. The number of benzene rings is 3. The Hall–Kier alpha value is -5.58. The van der Waals surface area contributed by atoms with E-state index in [1.165, 1.54) is 19.5 Å². The van der Waals surface area contributed by atoms with Crippen molar-refractivity contribution in [2.45, 2.75) is 0 Å². The fraction of sp³-hybridized carbons (Fsp3) is 0.133. The van der Waals surface area contributed by atoms with Crippen LogP contribution >= 0.6 is 0 Å². The molecular weight excluding hydrogens is 524 g/mol. The van der Waals surface area contributed by atoms with Gasteiger partial charge in [0.25, 0.3) is 5.91 Å². The van der Waals surface area contributed by atoms with Crippen LogP contribution in [0.2, 0.25) is 0 Å². The Labute approximate surface area is 237 Å². The van der Waals surface area contributed by atoms with E-state index >= 15 is 0 Å². The number of hydrogen-bond donors (Lipinski definition) is 3. The van der Waals surface area contributed by atoms with E-state index in [0.717, 1.165) is 5.69 Å². The van der Waals surface area contributed by atoms with Crippen LogP contribution < -0.4 is 35.5 Å². The van der Waals surface area contributed by atoms with Gasteiger partial charge in [0, 0.05) is 24.7 Å². The summed E-state index contributed by atoms with van der Waals surface area (Å²) in [4.78, 5) is 34.8. The minimum atomic E-state index is -0.617. The van der Waals surface area contributed by atoms with Crippen molar-refractivity contribution in [3.05, 3.63) is 85.2 Å². The zero-order valence-corrected chi connectivity index (χ0v) is 23.1. The number of nitrogens with one attached hydrogen (secondary N) is 2. The predicted octanol–water partition coefficient (Wildman–Crippen LogP) is 4.90. The van der Waals surface area contributed by atoms with Crippen LogP contribution in [0.1, 0.15) is 10.4 Å². The topological polar surface area (TPSA) is 141 Å². The highest BCUT2D eigenvalue weighted by Crippen LogP contribution is 2.42. The third kappa shape index (κ3) is 6.19. The normalized spacial score (nSPS) is 10.3. The number of methoxy groups -OCH3 is 3. The maximum absolute atomic E-state index is 12.4. The van der Waals surface area contributed by atoms with Gasteiger partial charge in [0.05, 0.1) is 55.3 Å². The van der Waals surface area contributed by atoms with Gasteiger partial charge >= 0.3 is 0 Å². The van der Waals surface area contributed by atoms with Crippen molar-refractivity contribution in [3.8, 4) is 28.5 Å². The first-order valence-electron chi connectivity index (χ1n) is 12.4. The number of anilines is 5. The van der Waals surface area contributed by atoms with Crippen molar-refractivity contribution in [1.82, 2.24) is 9.97 Å². The number of carbonyl (C=O) groups excluding carboxylic acids is 2. The summed E-state index contributed by atoms with van der Waals surface area (Å²) < 4.78 is 16.5. The van der Waals surface area contributed by atoms with Crippen molar-refractivity contribution < 1.29 is 23.8 Å². The summed E-state index contributed by atoms with van der Waals surface area (Å²) in [5, 5.41) is 6.11. The van der Waals surface area contributed by atoms with Gasteiger partial charge in [0.2, 0.25) is 5.91 Å². The molecule has 4 aromatic rings. The van der Waals surface area contributed by atoms with Crippen LogP contribution in [0.25, 0.3) is 11.3 Å². The second kappa shape index (κ2) is 12.5. The van der Waals surface area contributed by atoms with Crippen LogP contribution in [0.3, 0.4) is 0 Å². The number of ether oxygens (including phenoxy) is 3. The Kier molecular flexibility index (Phi) is 8.68. The van der Waals surface area contributed by atoms with E-state index in [9.17, 15) is 9.59 Å². The monoisotopic (exact) mass is 554 g/mol. The molecule has 2 amide bonds. The number of nitrogens with zero attached hydrogens (tertiary/aromatic N) is 3. The Morgan fingerprint density at radius 1 is 0.878 bits per heavy atom. The summed E-state index contributed by atoms with van der Waals surface area (Å²) in [6, 6.07) is 17.8. The highest BCUT2D eigenvalue weighted by atomic mass is 16.5. The summed E-state index contributed by atoms with van der Waals surface area (Å²) in [6.07, 6.45) is 2.58. The zero-order valence-electron chi connectivity index (χ0n) is 23.1. The van der Waals surface area contributed by atoms with E-state index in [1.54, 1.807) is 50.6 Å². The number of primary amides is 1. The van der Waals surface area contributed by atoms with Gasteiger partial charge in [-0.15, -0.1) is 0 Å². The fourth-order valence-corrected chi connectivity index (χ4v) is 4.22. The van der Waals surface area contributed by atoms with E-state index in [2.05, 4.69) is 27.2 Å². The molecule has 0 aliphatic heterocycles. The molecule has 210 valence electrons. The molecule has 11 nitrogen and oxygen atoms in total. The lowest BCUT2D eigenvalue weighted by molar-refractivity contribution is -0.111. The van der Waals surface area contributed by atoms with E-state index in [0.29, 0.717) is 51.4 Å².